The summed E-state index contributed by atoms with van der Waals surface area (Å²) < 4.78 is 32.0. The second-order valence-electron chi connectivity index (χ2n) is 10.3. The molecule has 38 heavy (non-hydrogen) atoms. The molecular formula is C28H39F2N5O3. The predicted molar refractivity (Wildman–Crippen MR) is 145 cm³/mol. The maximum Gasteiger partial charge on any atom is 0.172 e. The Hall–Kier alpha value is -2.95. The van der Waals surface area contributed by atoms with Gasteiger partial charge in [-0.3, -0.25) is 4.98 Å². The van der Waals surface area contributed by atoms with Gasteiger partial charge in [-0.25, -0.2) is 18.7 Å². The van der Waals surface area contributed by atoms with Crippen molar-refractivity contribution < 1.29 is 23.7 Å². The monoisotopic (exact) mass is 531 g/mol. The molecule has 4 N–H and O–H groups in total. The van der Waals surface area contributed by atoms with E-state index >= 15 is 0 Å². The van der Waals surface area contributed by atoms with Crippen LogP contribution in [-0.2, 0) is 17.6 Å². The molecule has 0 saturated carbocycles. The number of nitrogens with two attached hydrogens (primary N) is 1. The minimum Gasteiger partial charge on any atom is -0.400 e. The van der Waals surface area contributed by atoms with E-state index in [2.05, 4.69) is 19.9 Å². The lowest BCUT2D eigenvalue weighted by Gasteiger charge is -2.33. The molecule has 2 aliphatic rings. The number of piperidine rings is 1. The molecule has 0 bridgehead atoms. The van der Waals surface area contributed by atoms with E-state index in [1.807, 2.05) is 6.07 Å². The van der Waals surface area contributed by atoms with Gasteiger partial charge in [-0.1, -0.05) is 6.07 Å². The third-order valence-corrected chi connectivity index (χ3v) is 6.49. The third-order valence-electron chi connectivity index (χ3n) is 6.49. The van der Waals surface area contributed by atoms with Gasteiger partial charge < -0.3 is 25.6 Å². The predicted octanol–water partition coefficient (Wildman–Crippen LogP) is 4.06. The molecule has 2 saturated heterocycles. The summed E-state index contributed by atoms with van der Waals surface area (Å²) in [6.45, 7) is 6.94. The van der Waals surface area contributed by atoms with Gasteiger partial charge in [0.15, 0.2) is 11.6 Å². The Morgan fingerprint density at radius 2 is 1.74 bits per heavy atom. The molecule has 0 unspecified atom stereocenters. The van der Waals surface area contributed by atoms with Crippen molar-refractivity contribution in [2.45, 2.75) is 58.0 Å². The molecule has 0 amide bonds. The van der Waals surface area contributed by atoms with Crippen LogP contribution in [-0.4, -0.2) is 64.2 Å². The van der Waals surface area contributed by atoms with Crippen molar-refractivity contribution >= 4 is 22.7 Å². The fourth-order valence-electron chi connectivity index (χ4n) is 4.64. The van der Waals surface area contributed by atoms with Crippen molar-refractivity contribution in [1.29, 1.82) is 0 Å². The highest BCUT2D eigenvalue weighted by Gasteiger charge is 2.24. The van der Waals surface area contributed by atoms with Gasteiger partial charge in [0.05, 0.1) is 17.3 Å². The number of nitrogen functional groups attached to an aromatic ring is 1. The number of anilines is 2. The number of aliphatic hydroxyl groups is 2. The summed E-state index contributed by atoms with van der Waals surface area (Å²) in [6.07, 6.45) is 6.94. The van der Waals surface area contributed by atoms with Gasteiger partial charge in [-0.05, 0) is 69.6 Å². The zero-order valence-electron chi connectivity index (χ0n) is 22.5. The Kier molecular flexibility index (Phi) is 10.7. The smallest absolute Gasteiger partial charge is 0.172 e. The van der Waals surface area contributed by atoms with E-state index in [4.69, 9.17) is 15.6 Å². The summed E-state index contributed by atoms with van der Waals surface area (Å²) in [5.74, 6) is 0.274. The zero-order chi connectivity index (χ0) is 27.7. The highest BCUT2D eigenvalue weighted by atomic mass is 19.1. The summed E-state index contributed by atoms with van der Waals surface area (Å²) in [7, 11) is 1.00. The molecule has 2 aliphatic heterocycles. The number of aliphatic hydroxyl groups excluding tert-OH is 1. The van der Waals surface area contributed by atoms with E-state index in [-0.39, 0.29) is 0 Å². The number of hydrogen-bond donors (Lipinski definition) is 3. The van der Waals surface area contributed by atoms with Crippen LogP contribution in [0.5, 0.6) is 0 Å². The van der Waals surface area contributed by atoms with Gasteiger partial charge in [-0.2, -0.15) is 0 Å². The van der Waals surface area contributed by atoms with Crippen LogP contribution >= 0.6 is 0 Å². The fraction of sp³-hybridized carbons (Fsp3) is 0.536. The molecule has 208 valence electrons. The summed E-state index contributed by atoms with van der Waals surface area (Å²) in [5, 5.41) is 17.0. The van der Waals surface area contributed by atoms with Crippen LogP contribution in [0.15, 0.2) is 30.5 Å². The molecule has 3 aromatic rings. The number of halogens is 2. The minimum absolute atomic E-state index is 0.317. The van der Waals surface area contributed by atoms with Crippen molar-refractivity contribution in [3.63, 3.8) is 0 Å². The topological polar surface area (TPSA) is 118 Å². The lowest BCUT2D eigenvalue weighted by Crippen LogP contribution is -2.35. The van der Waals surface area contributed by atoms with Crippen molar-refractivity contribution in [2.24, 2.45) is 5.92 Å². The van der Waals surface area contributed by atoms with E-state index in [0.717, 1.165) is 58.0 Å². The average Bonchev–Trinajstić information content (AvgIpc) is 3.47. The first-order valence-electron chi connectivity index (χ1n) is 13.0. The number of rotatable bonds is 5. The van der Waals surface area contributed by atoms with E-state index in [1.54, 1.807) is 20.0 Å². The van der Waals surface area contributed by atoms with E-state index in [9.17, 15) is 13.9 Å². The minimum atomic E-state index is -0.860. The maximum absolute atomic E-state index is 14.0. The lowest BCUT2D eigenvalue weighted by atomic mass is 9.90. The van der Waals surface area contributed by atoms with Crippen molar-refractivity contribution in [2.75, 3.05) is 44.0 Å². The molecular weight excluding hydrogens is 492 g/mol. The number of aromatic nitrogens is 3. The van der Waals surface area contributed by atoms with Crippen LogP contribution < -0.4 is 10.6 Å². The molecule has 0 spiro atoms. The number of benzene rings is 1. The standard InChI is InChI=1S/C23H27F2N5O.C4H8O.CH4O/c1-23(2,31)12-17-11-19-20(13-27-17)29-22(21(26)28-19)30-7-5-14(6-8-30)9-15-3-4-16(24)10-18(15)25;1-2-4-5-3-1;1-2/h3-4,10-11,13-14,31H,5-9,12H2,1-2H3,(H2,26,28);1-4H2;2H,1H3. The Bertz CT molecular complexity index is 1170. The Labute approximate surface area is 222 Å². The molecule has 0 aliphatic carbocycles. The second-order valence-corrected chi connectivity index (χ2v) is 10.3. The van der Waals surface area contributed by atoms with Gasteiger partial charge >= 0.3 is 0 Å². The van der Waals surface area contributed by atoms with Crippen molar-refractivity contribution in [3.05, 3.63) is 53.4 Å². The maximum atomic E-state index is 14.0. The van der Waals surface area contributed by atoms with Crippen LogP contribution in [0.25, 0.3) is 11.0 Å². The van der Waals surface area contributed by atoms with Crippen LogP contribution in [0.2, 0.25) is 0 Å². The first-order valence-corrected chi connectivity index (χ1v) is 13.0. The van der Waals surface area contributed by atoms with Gasteiger partial charge in [0, 0.05) is 51.6 Å². The molecule has 4 heterocycles. The Morgan fingerprint density at radius 3 is 2.32 bits per heavy atom. The number of ether oxygens (including phenoxy) is 1. The van der Waals surface area contributed by atoms with Crippen molar-refractivity contribution in [1.82, 2.24) is 15.0 Å². The highest BCUT2D eigenvalue weighted by Crippen LogP contribution is 2.29. The second kappa shape index (κ2) is 13.7. The number of pyridine rings is 1. The third kappa shape index (κ3) is 8.54. The van der Waals surface area contributed by atoms with Crippen LogP contribution in [0.4, 0.5) is 20.4 Å². The quantitative estimate of drug-likeness (QED) is 0.451. The molecule has 10 heteroatoms. The number of nitrogens with zero attached hydrogens (tertiary/aromatic N) is 4. The van der Waals surface area contributed by atoms with Gasteiger partial charge in [0.25, 0.3) is 0 Å². The van der Waals surface area contributed by atoms with E-state index in [0.29, 0.717) is 47.0 Å². The molecule has 5 rings (SSSR count). The van der Waals surface area contributed by atoms with Crippen molar-refractivity contribution in [3.8, 4) is 0 Å². The summed E-state index contributed by atoms with van der Waals surface area (Å²) >= 11 is 0. The fourth-order valence-corrected chi connectivity index (χ4v) is 4.64. The zero-order valence-corrected chi connectivity index (χ0v) is 22.5. The number of hydrogen-bond acceptors (Lipinski definition) is 8. The number of fused-ring (bicyclic) bond motifs is 1. The molecule has 1 aromatic carbocycles. The Morgan fingerprint density at radius 1 is 1.05 bits per heavy atom. The molecule has 2 aromatic heterocycles. The lowest BCUT2D eigenvalue weighted by molar-refractivity contribution is 0.0800. The first kappa shape index (κ1) is 29.6. The van der Waals surface area contributed by atoms with Gasteiger partial charge in [0.1, 0.15) is 17.2 Å². The molecule has 2 fully saturated rings. The van der Waals surface area contributed by atoms with Gasteiger partial charge in [0.2, 0.25) is 0 Å². The average molecular weight is 532 g/mol. The summed E-state index contributed by atoms with van der Waals surface area (Å²) in [6, 6.07) is 5.59. The van der Waals surface area contributed by atoms with Crippen LogP contribution in [0.1, 0.15) is 50.8 Å². The van der Waals surface area contributed by atoms with Gasteiger partial charge in [-0.15, -0.1) is 0 Å². The normalized spacial score (nSPS) is 16.0. The van der Waals surface area contributed by atoms with E-state index in [1.165, 1.54) is 25.0 Å². The summed E-state index contributed by atoms with van der Waals surface area (Å²) in [5.41, 5.74) is 7.94. The summed E-state index contributed by atoms with van der Waals surface area (Å²) in [4.78, 5) is 15.7. The largest absolute Gasteiger partial charge is 0.400 e. The van der Waals surface area contributed by atoms with Crippen LogP contribution in [0.3, 0.4) is 0 Å². The highest BCUT2D eigenvalue weighted by molar-refractivity contribution is 5.79. The SMILES string of the molecule is C1CCOC1.CC(C)(O)Cc1cc2nc(N)c(N3CCC(Cc4ccc(F)cc4F)CC3)nc2cn1.CO. The Balaban J connectivity index is 0.000000504. The first-order chi connectivity index (χ1) is 18.2. The molecule has 0 atom stereocenters. The molecule has 8 nitrogen and oxygen atoms in total. The van der Waals surface area contributed by atoms with Crippen LogP contribution in [0, 0.1) is 17.6 Å². The van der Waals surface area contributed by atoms with E-state index < -0.39 is 17.2 Å². The molecule has 0 radical (unpaired) electrons.